The number of rotatable bonds is 6. The van der Waals surface area contributed by atoms with E-state index >= 15 is 0 Å². The van der Waals surface area contributed by atoms with Crippen molar-refractivity contribution in [1.82, 2.24) is 25.2 Å². The standard InChI is InChI=1S/C25H23N7O3/c26-13-16-3-5-29-24(9-16)35-25(34)31-22-12-19(17-1-2-17)11-21(30-22)18-4-6-27-20(10-18)14-32-8-7-28-23(33)15-32/h3-6,9-12,17H,1-2,7-8,14-15H2,(H,28,33)(H,30,31,34). The van der Waals surface area contributed by atoms with Gasteiger partial charge in [0.25, 0.3) is 0 Å². The number of nitrogens with one attached hydrogen (secondary N) is 2. The summed E-state index contributed by atoms with van der Waals surface area (Å²) in [7, 11) is 0. The number of ether oxygens (including phenoxy) is 1. The van der Waals surface area contributed by atoms with E-state index in [1.807, 2.05) is 30.3 Å². The van der Waals surface area contributed by atoms with E-state index in [1.54, 1.807) is 6.20 Å². The molecule has 5 rings (SSSR count). The van der Waals surface area contributed by atoms with Gasteiger partial charge in [0.05, 0.1) is 29.6 Å². The molecule has 2 amide bonds. The summed E-state index contributed by atoms with van der Waals surface area (Å²) in [6.07, 6.45) is 4.59. The molecule has 10 heteroatoms. The molecule has 2 N–H and O–H groups in total. The molecule has 2 fully saturated rings. The van der Waals surface area contributed by atoms with Crippen LogP contribution in [0.1, 0.15) is 35.6 Å². The molecule has 0 atom stereocenters. The van der Waals surface area contributed by atoms with Gasteiger partial charge in [0.15, 0.2) is 0 Å². The van der Waals surface area contributed by atoms with E-state index in [-0.39, 0.29) is 11.8 Å². The Bertz CT molecular complexity index is 1320. The molecule has 35 heavy (non-hydrogen) atoms. The summed E-state index contributed by atoms with van der Waals surface area (Å²) < 4.78 is 5.23. The van der Waals surface area contributed by atoms with E-state index in [0.29, 0.717) is 42.6 Å². The van der Waals surface area contributed by atoms with Crippen molar-refractivity contribution in [2.75, 3.05) is 25.0 Å². The van der Waals surface area contributed by atoms with Gasteiger partial charge < -0.3 is 10.1 Å². The van der Waals surface area contributed by atoms with Crippen molar-refractivity contribution >= 4 is 17.8 Å². The number of hydrogen-bond acceptors (Lipinski definition) is 8. The number of aromatic nitrogens is 3. The zero-order valence-electron chi connectivity index (χ0n) is 18.9. The first-order chi connectivity index (χ1) is 17.1. The third-order valence-corrected chi connectivity index (χ3v) is 5.80. The smallest absolute Gasteiger partial charge is 0.391 e. The summed E-state index contributed by atoms with van der Waals surface area (Å²) in [5, 5.41) is 14.5. The molecule has 1 saturated carbocycles. The Morgan fingerprint density at radius 1 is 1.20 bits per heavy atom. The van der Waals surface area contributed by atoms with Crippen molar-refractivity contribution in [3.8, 4) is 23.2 Å². The minimum atomic E-state index is -0.738. The van der Waals surface area contributed by atoms with Crippen LogP contribution in [-0.2, 0) is 11.3 Å². The molecule has 2 aliphatic rings. The lowest BCUT2D eigenvalue weighted by Crippen LogP contribution is -2.47. The number of piperazine rings is 1. The third kappa shape index (κ3) is 5.77. The first kappa shape index (κ1) is 22.4. The minimum Gasteiger partial charge on any atom is -0.391 e. The Kier molecular flexibility index (Phi) is 6.32. The van der Waals surface area contributed by atoms with Crippen molar-refractivity contribution in [1.29, 1.82) is 5.26 Å². The predicted molar refractivity (Wildman–Crippen MR) is 126 cm³/mol. The van der Waals surface area contributed by atoms with Gasteiger partial charge in [-0.25, -0.2) is 14.8 Å². The van der Waals surface area contributed by atoms with Crippen molar-refractivity contribution in [3.05, 3.63) is 65.6 Å². The Balaban J connectivity index is 1.35. The number of hydrogen-bond donors (Lipinski definition) is 2. The summed E-state index contributed by atoms with van der Waals surface area (Å²) >= 11 is 0. The lowest BCUT2D eigenvalue weighted by Gasteiger charge is -2.26. The average Bonchev–Trinajstić information content (AvgIpc) is 3.70. The lowest BCUT2D eigenvalue weighted by molar-refractivity contribution is -0.124. The number of nitrogens with zero attached hydrogens (tertiary/aromatic N) is 5. The molecule has 0 radical (unpaired) electrons. The SMILES string of the molecule is N#Cc1ccnc(OC(=O)Nc2cc(C3CC3)cc(-c3ccnc(CN4CCNC(=O)C4)c3)n2)c1. The summed E-state index contributed by atoms with van der Waals surface area (Å²) in [4.78, 5) is 39.3. The van der Waals surface area contributed by atoms with Gasteiger partial charge in [0.2, 0.25) is 11.8 Å². The van der Waals surface area contributed by atoms with Crippen LogP contribution in [0, 0.1) is 11.3 Å². The lowest BCUT2D eigenvalue weighted by atomic mass is 10.1. The van der Waals surface area contributed by atoms with E-state index in [4.69, 9.17) is 10.00 Å². The summed E-state index contributed by atoms with van der Waals surface area (Å²) in [6, 6.07) is 12.6. The maximum atomic E-state index is 12.5. The molecule has 0 unspecified atom stereocenters. The monoisotopic (exact) mass is 469 g/mol. The van der Waals surface area contributed by atoms with Crippen LogP contribution in [0.3, 0.4) is 0 Å². The molecule has 0 spiro atoms. The Morgan fingerprint density at radius 3 is 2.86 bits per heavy atom. The number of pyridine rings is 3. The quantitative estimate of drug-likeness (QED) is 0.563. The zero-order valence-corrected chi connectivity index (χ0v) is 18.9. The third-order valence-electron chi connectivity index (χ3n) is 5.80. The number of amides is 2. The van der Waals surface area contributed by atoms with Crippen LogP contribution in [0.2, 0.25) is 0 Å². The maximum absolute atomic E-state index is 12.5. The molecule has 1 aliphatic heterocycles. The molecule has 10 nitrogen and oxygen atoms in total. The number of carbonyl (C=O) groups is 2. The molecule has 176 valence electrons. The van der Waals surface area contributed by atoms with E-state index < -0.39 is 6.09 Å². The molecular weight excluding hydrogens is 446 g/mol. The highest BCUT2D eigenvalue weighted by atomic mass is 16.6. The van der Waals surface area contributed by atoms with Crippen molar-refractivity contribution in [3.63, 3.8) is 0 Å². The molecule has 4 heterocycles. The van der Waals surface area contributed by atoms with E-state index in [9.17, 15) is 9.59 Å². The van der Waals surface area contributed by atoms with Gasteiger partial charge in [0, 0.05) is 43.7 Å². The van der Waals surface area contributed by atoms with E-state index in [2.05, 4.69) is 30.5 Å². The maximum Gasteiger partial charge on any atom is 0.419 e. The van der Waals surface area contributed by atoms with Gasteiger partial charge in [-0.3, -0.25) is 20.0 Å². The van der Waals surface area contributed by atoms with Crippen LogP contribution in [0.5, 0.6) is 5.88 Å². The topological polar surface area (TPSA) is 133 Å². The van der Waals surface area contributed by atoms with Gasteiger partial charge in [-0.1, -0.05) is 0 Å². The number of carbonyl (C=O) groups excluding carboxylic acids is 2. The average molecular weight is 470 g/mol. The molecule has 1 saturated heterocycles. The van der Waals surface area contributed by atoms with Crippen molar-refractivity contribution in [2.45, 2.75) is 25.3 Å². The van der Waals surface area contributed by atoms with Crippen LogP contribution >= 0.6 is 0 Å². The van der Waals surface area contributed by atoms with Crippen LogP contribution < -0.4 is 15.4 Å². The highest BCUT2D eigenvalue weighted by Crippen LogP contribution is 2.41. The van der Waals surface area contributed by atoms with Gasteiger partial charge >= 0.3 is 6.09 Å². The van der Waals surface area contributed by atoms with Gasteiger partial charge in [-0.15, -0.1) is 0 Å². The second-order valence-corrected chi connectivity index (χ2v) is 8.55. The van der Waals surface area contributed by atoms with Crippen LogP contribution in [0.4, 0.5) is 10.6 Å². The summed E-state index contributed by atoms with van der Waals surface area (Å²) in [5.41, 5.74) is 3.87. The Morgan fingerprint density at radius 2 is 2.06 bits per heavy atom. The van der Waals surface area contributed by atoms with Gasteiger partial charge in [-0.2, -0.15) is 5.26 Å². The minimum absolute atomic E-state index is 0.0170. The number of nitriles is 1. The second-order valence-electron chi connectivity index (χ2n) is 8.55. The molecular formula is C25H23N7O3. The molecule has 3 aromatic rings. The van der Waals surface area contributed by atoms with E-state index in [1.165, 1.54) is 18.3 Å². The first-order valence-electron chi connectivity index (χ1n) is 11.4. The zero-order chi connectivity index (χ0) is 24.2. The largest absolute Gasteiger partial charge is 0.419 e. The van der Waals surface area contributed by atoms with Crippen LogP contribution in [0.25, 0.3) is 11.3 Å². The normalized spacial score (nSPS) is 15.7. The highest BCUT2D eigenvalue weighted by molar-refractivity contribution is 5.85. The second kappa shape index (κ2) is 9.87. The van der Waals surface area contributed by atoms with Crippen LogP contribution in [-0.4, -0.2) is 51.5 Å². The molecule has 1 aliphatic carbocycles. The van der Waals surface area contributed by atoms with E-state index in [0.717, 1.165) is 36.2 Å². The van der Waals surface area contributed by atoms with Crippen LogP contribution in [0.15, 0.2) is 48.8 Å². The Labute approximate surface area is 202 Å². The van der Waals surface area contributed by atoms with Crippen molar-refractivity contribution in [2.24, 2.45) is 0 Å². The summed E-state index contributed by atoms with van der Waals surface area (Å²) in [5.74, 6) is 0.862. The molecule has 3 aromatic heterocycles. The van der Waals surface area contributed by atoms with Gasteiger partial charge in [0.1, 0.15) is 5.82 Å². The fourth-order valence-corrected chi connectivity index (χ4v) is 3.96. The number of anilines is 1. The molecule has 0 bridgehead atoms. The summed E-state index contributed by atoms with van der Waals surface area (Å²) in [6.45, 7) is 2.32. The highest BCUT2D eigenvalue weighted by Gasteiger charge is 2.25. The van der Waals surface area contributed by atoms with Gasteiger partial charge in [-0.05, 0) is 54.7 Å². The fraction of sp³-hybridized carbons (Fsp3) is 0.280. The first-order valence-corrected chi connectivity index (χ1v) is 11.4. The predicted octanol–water partition coefficient (Wildman–Crippen LogP) is 2.83. The fourth-order valence-electron chi connectivity index (χ4n) is 3.96. The molecule has 0 aromatic carbocycles. The van der Waals surface area contributed by atoms with Crippen molar-refractivity contribution < 1.29 is 14.3 Å². The Hall–Kier alpha value is -4.36.